The Bertz CT molecular complexity index is 511. The summed E-state index contributed by atoms with van der Waals surface area (Å²) in [7, 11) is 0. The van der Waals surface area contributed by atoms with Gasteiger partial charge in [-0.05, 0) is 30.5 Å². The standard InChI is InChI=1S/C16H22O6/c1-3-5-15(19)21-10-14(22-16(20)6-4-2)11-7-8-12(17)13(18)9-11/h7-9,14,17-18H,3-6,10H2,1-2H3. The number of carbonyl (C=O) groups is 2. The summed E-state index contributed by atoms with van der Waals surface area (Å²) in [5.74, 6) is -1.38. The number of hydrogen-bond acceptors (Lipinski definition) is 6. The maximum Gasteiger partial charge on any atom is 0.306 e. The molecule has 0 heterocycles. The van der Waals surface area contributed by atoms with Gasteiger partial charge in [-0.15, -0.1) is 0 Å². The summed E-state index contributed by atoms with van der Waals surface area (Å²) in [5.41, 5.74) is 0.448. The molecule has 0 radical (unpaired) electrons. The van der Waals surface area contributed by atoms with Crippen LogP contribution >= 0.6 is 0 Å². The lowest BCUT2D eigenvalue weighted by Crippen LogP contribution is -2.18. The van der Waals surface area contributed by atoms with Crippen LogP contribution < -0.4 is 0 Å². The van der Waals surface area contributed by atoms with E-state index in [1.807, 2.05) is 13.8 Å². The number of ether oxygens (including phenoxy) is 2. The van der Waals surface area contributed by atoms with Gasteiger partial charge >= 0.3 is 11.9 Å². The molecule has 0 aliphatic carbocycles. The Labute approximate surface area is 129 Å². The van der Waals surface area contributed by atoms with E-state index in [2.05, 4.69) is 0 Å². The summed E-state index contributed by atoms with van der Waals surface area (Å²) in [6, 6.07) is 4.08. The molecule has 22 heavy (non-hydrogen) atoms. The maximum absolute atomic E-state index is 11.7. The molecule has 1 rings (SSSR count). The monoisotopic (exact) mass is 310 g/mol. The van der Waals surface area contributed by atoms with Gasteiger partial charge in [0.05, 0.1) is 0 Å². The van der Waals surface area contributed by atoms with Crippen molar-refractivity contribution in [1.29, 1.82) is 0 Å². The third kappa shape index (κ3) is 5.63. The molecule has 1 atom stereocenters. The van der Waals surface area contributed by atoms with Gasteiger partial charge in [-0.1, -0.05) is 19.9 Å². The smallest absolute Gasteiger partial charge is 0.306 e. The first-order valence-corrected chi connectivity index (χ1v) is 7.34. The van der Waals surface area contributed by atoms with Crippen molar-refractivity contribution in [3.05, 3.63) is 23.8 Å². The Balaban J connectivity index is 2.82. The molecule has 0 amide bonds. The van der Waals surface area contributed by atoms with E-state index in [0.717, 1.165) is 0 Å². The van der Waals surface area contributed by atoms with Crippen molar-refractivity contribution in [2.24, 2.45) is 0 Å². The minimum Gasteiger partial charge on any atom is -0.504 e. The highest BCUT2D eigenvalue weighted by atomic mass is 16.6. The van der Waals surface area contributed by atoms with Crippen LogP contribution in [-0.4, -0.2) is 28.8 Å². The molecular weight excluding hydrogens is 288 g/mol. The number of rotatable bonds is 8. The molecule has 2 N–H and O–H groups in total. The number of aromatic hydroxyl groups is 2. The highest BCUT2D eigenvalue weighted by Gasteiger charge is 2.20. The van der Waals surface area contributed by atoms with Crippen molar-refractivity contribution in [1.82, 2.24) is 0 Å². The molecule has 1 aromatic carbocycles. The largest absolute Gasteiger partial charge is 0.504 e. The number of hydrogen-bond donors (Lipinski definition) is 2. The predicted octanol–water partition coefficient (Wildman–Crippen LogP) is 2.83. The van der Waals surface area contributed by atoms with E-state index in [0.29, 0.717) is 18.4 Å². The summed E-state index contributed by atoms with van der Waals surface area (Å²) in [6.07, 6.45) is 1.03. The predicted molar refractivity (Wildman–Crippen MR) is 79.4 cm³/mol. The zero-order valence-electron chi connectivity index (χ0n) is 12.9. The van der Waals surface area contributed by atoms with Crippen molar-refractivity contribution in [2.75, 3.05) is 6.61 Å². The van der Waals surface area contributed by atoms with Gasteiger partial charge in [0.25, 0.3) is 0 Å². The lowest BCUT2D eigenvalue weighted by Gasteiger charge is -2.18. The molecule has 0 bridgehead atoms. The van der Waals surface area contributed by atoms with Gasteiger partial charge in [-0.2, -0.15) is 0 Å². The highest BCUT2D eigenvalue weighted by Crippen LogP contribution is 2.29. The molecule has 0 aliphatic heterocycles. The number of esters is 2. The van der Waals surface area contributed by atoms with Crippen LogP contribution in [0.5, 0.6) is 11.5 Å². The van der Waals surface area contributed by atoms with Crippen molar-refractivity contribution < 1.29 is 29.3 Å². The Morgan fingerprint density at radius 3 is 2.27 bits per heavy atom. The molecule has 6 nitrogen and oxygen atoms in total. The first-order valence-electron chi connectivity index (χ1n) is 7.34. The van der Waals surface area contributed by atoms with E-state index >= 15 is 0 Å². The van der Waals surface area contributed by atoms with Gasteiger partial charge in [-0.25, -0.2) is 0 Å². The molecular formula is C16H22O6. The molecule has 0 spiro atoms. The highest BCUT2D eigenvalue weighted by molar-refractivity contribution is 5.70. The quantitative estimate of drug-likeness (QED) is 0.566. The normalized spacial score (nSPS) is 11.7. The Morgan fingerprint density at radius 1 is 1.05 bits per heavy atom. The molecule has 0 fully saturated rings. The zero-order chi connectivity index (χ0) is 16.5. The molecule has 0 aromatic heterocycles. The van der Waals surface area contributed by atoms with E-state index in [9.17, 15) is 19.8 Å². The van der Waals surface area contributed by atoms with Gasteiger partial charge in [0.2, 0.25) is 0 Å². The van der Waals surface area contributed by atoms with Crippen LogP contribution in [0.1, 0.15) is 51.2 Å². The van der Waals surface area contributed by atoms with Crippen LogP contribution in [0, 0.1) is 0 Å². The van der Waals surface area contributed by atoms with Crippen molar-refractivity contribution >= 4 is 11.9 Å². The van der Waals surface area contributed by atoms with Gasteiger partial charge < -0.3 is 19.7 Å². The summed E-state index contributed by atoms with van der Waals surface area (Å²) < 4.78 is 10.4. The van der Waals surface area contributed by atoms with Crippen molar-refractivity contribution in [3.8, 4) is 11.5 Å². The van der Waals surface area contributed by atoms with E-state index in [4.69, 9.17) is 9.47 Å². The fourth-order valence-corrected chi connectivity index (χ4v) is 1.81. The molecule has 0 aliphatic rings. The average Bonchev–Trinajstić information content (AvgIpc) is 2.47. The van der Waals surface area contributed by atoms with Crippen molar-refractivity contribution in [3.63, 3.8) is 0 Å². The Hall–Kier alpha value is -2.24. The lowest BCUT2D eigenvalue weighted by molar-refractivity contribution is -0.159. The number of benzene rings is 1. The SMILES string of the molecule is CCCC(=O)OCC(OC(=O)CCC)c1ccc(O)c(O)c1. The summed E-state index contributed by atoms with van der Waals surface area (Å²) >= 11 is 0. The summed E-state index contributed by atoms with van der Waals surface area (Å²) in [5, 5.41) is 18.9. The third-order valence-corrected chi connectivity index (χ3v) is 2.95. The molecule has 122 valence electrons. The van der Waals surface area contributed by atoms with Gasteiger partial charge in [0.15, 0.2) is 17.6 Å². The van der Waals surface area contributed by atoms with Gasteiger partial charge in [0, 0.05) is 12.8 Å². The minimum atomic E-state index is -0.814. The summed E-state index contributed by atoms with van der Waals surface area (Å²) in [6.45, 7) is 3.58. The fourth-order valence-electron chi connectivity index (χ4n) is 1.81. The molecule has 0 saturated heterocycles. The van der Waals surface area contributed by atoms with E-state index in [1.165, 1.54) is 18.2 Å². The van der Waals surface area contributed by atoms with E-state index in [1.54, 1.807) is 0 Å². The number of phenolic OH excluding ortho intramolecular Hbond substituents is 2. The Morgan fingerprint density at radius 2 is 1.68 bits per heavy atom. The molecule has 0 saturated carbocycles. The van der Waals surface area contributed by atoms with Crippen LogP contribution in [0.2, 0.25) is 0 Å². The number of phenols is 2. The van der Waals surface area contributed by atoms with Crippen molar-refractivity contribution in [2.45, 2.75) is 45.6 Å². The fraction of sp³-hybridized carbons (Fsp3) is 0.500. The lowest BCUT2D eigenvalue weighted by atomic mass is 10.1. The minimum absolute atomic E-state index is 0.126. The van der Waals surface area contributed by atoms with Crippen LogP contribution in [0.4, 0.5) is 0 Å². The van der Waals surface area contributed by atoms with Crippen LogP contribution in [0.3, 0.4) is 0 Å². The second-order valence-electron chi connectivity index (χ2n) is 4.91. The first-order chi connectivity index (χ1) is 10.5. The molecule has 6 heteroatoms. The Kier molecular flexibility index (Phi) is 7.22. The van der Waals surface area contributed by atoms with E-state index < -0.39 is 12.1 Å². The molecule has 1 aromatic rings. The number of carbonyl (C=O) groups excluding carboxylic acids is 2. The first kappa shape index (κ1) is 17.8. The second kappa shape index (κ2) is 8.92. The van der Waals surface area contributed by atoms with Crippen LogP contribution in [-0.2, 0) is 19.1 Å². The van der Waals surface area contributed by atoms with E-state index in [-0.39, 0.29) is 36.9 Å². The second-order valence-corrected chi connectivity index (χ2v) is 4.91. The maximum atomic E-state index is 11.7. The summed E-state index contributed by atoms with van der Waals surface area (Å²) in [4.78, 5) is 23.1. The van der Waals surface area contributed by atoms with Crippen LogP contribution in [0.15, 0.2) is 18.2 Å². The zero-order valence-corrected chi connectivity index (χ0v) is 12.9. The molecule has 1 unspecified atom stereocenters. The topological polar surface area (TPSA) is 93.1 Å². The van der Waals surface area contributed by atoms with Gasteiger partial charge in [-0.3, -0.25) is 9.59 Å². The van der Waals surface area contributed by atoms with Gasteiger partial charge in [0.1, 0.15) is 6.61 Å². The van der Waals surface area contributed by atoms with Crippen LogP contribution in [0.25, 0.3) is 0 Å². The third-order valence-electron chi connectivity index (χ3n) is 2.95. The average molecular weight is 310 g/mol.